The molecule has 3 heteroatoms. The van der Waals surface area contributed by atoms with E-state index < -0.39 is 0 Å². The molecule has 1 atom stereocenters. The minimum Gasteiger partial charge on any atom is -0.465 e. The first-order valence-electron chi connectivity index (χ1n) is 8.82. The number of ether oxygens (including phenoxy) is 1. The van der Waals surface area contributed by atoms with Crippen LogP contribution < -0.4 is 0 Å². The third-order valence-corrected chi connectivity index (χ3v) is 5.13. The number of carbonyl (C=O) groups is 1. The van der Waals surface area contributed by atoms with E-state index in [1.807, 2.05) is 6.92 Å². The molecule has 0 aliphatic heterocycles. The van der Waals surface area contributed by atoms with Gasteiger partial charge in [-0.2, -0.15) is 0 Å². The van der Waals surface area contributed by atoms with Crippen LogP contribution >= 0.6 is 11.8 Å². The average molecular weight is 337 g/mol. The van der Waals surface area contributed by atoms with Crippen molar-refractivity contribution < 1.29 is 9.53 Å². The first-order chi connectivity index (χ1) is 10.9. The highest BCUT2D eigenvalue weighted by Crippen LogP contribution is 2.30. The highest BCUT2D eigenvalue weighted by Gasteiger charge is 2.21. The van der Waals surface area contributed by atoms with Crippen LogP contribution in [0, 0.1) is 0 Å². The minimum absolute atomic E-state index is 0.0751. The van der Waals surface area contributed by atoms with Crippen LogP contribution in [0.15, 0.2) is 29.2 Å². The fourth-order valence-corrected chi connectivity index (χ4v) is 3.48. The molecule has 1 rings (SSSR count). The number of esters is 1. The van der Waals surface area contributed by atoms with Gasteiger partial charge in [0.1, 0.15) is 5.25 Å². The summed E-state index contributed by atoms with van der Waals surface area (Å²) < 4.78 is 5.25. The summed E-state index contributed by atoms with van der Waals surface area (Å²) in [7, 11) is 0. The largest absolute Gasteiger partial charge is 0.465 e. The van der Waals surface area contributed by atoms with Gasteiger partial charge in [-0.1, -0.05) is 65.5 Å². The van der Waals surface area contributed by atoms with Crippen molar-refractivity contribution in [3.8, 4) is 0 Å². The molecule has 1 aromatic rings. The quantitative estimate of drug-likeness (QED) is 0.315. The van der Waals surface area contributed by atoms with Gasteiger partial charge < -0.3 is 4.74 Å². The molecule has 130 valence electrons. The van der Waals surface area contributed by atoms with Crippen LogP contribution in [-0.2, 0) is 14.9 Å². The van der Waals surface area contributed by atoms with Crippen molar-refractivity contribution in [2.75, 3.05) is 6.61 Å². The molecule has 0 N–H and O–H groups in total. The summed E-state index contributed by atoms with van der Waals surface area (Å²) in [5.74, 6) is -0.0751. The van der Waals surface area contributed by atoms with Gasteiger partial charge in [-0.25, -0.2) is 0 Å². The summed E-state index contributed by atoms with van der Waals surface area (Å²) in [6.07, 6.45) is 5.62. The van der Waals surface area contributed by atoms with Crippen molar-refractivity contribution in [2.24, 2.45) is 0 Å². The van der Waals surface area contributed by atoms with E-state index in [4.69, 9.17) is 4.74 Å². The van der Waals surface area contributed by atoms with E-state index in [1.54, 1.807) is 11.8 Å². The molecule has 0 aliphatic rings. The summed E-state index contributed by atoms with van der Waals surface area (Å²) in [6, 6.07) is 8.59. The van der Waals surface area contributed by atoms with Crippen molar-refractivity contribution in [1.29, 1.82) is 0 Å². The Kier molecular flexibility index (Phi) is 8.75. The third-order valence-electron chi connectivity index (χ3n) is 3.87. The zero-order valence-electron chi connectivity index (χ0n) is 15.4. The third kappa shape index (κ3) is 7.43. The summed E-state index contributed by atoms with van der Waals surface area (Å²) in [5.41, 5.74) is 1.47. The van der Waals surface area contributed by atoms with Gasteiger partial charge in [0.25, 0.3) is 0 Å². The average Bonchev–Trinajstić information content (AvgIpc) is 2.50. The number of rotatable bonds is 9. The standard InChI is InChI=1S/C20H32O2S/c1-6-8-9-10-11-18(19(21)22-7-2)23-17-14-12-16(13-15-17)20(3,4)5/h12-15,18H,6-11H2,1-5H3. The molecule has 0 radical (unpaired) electrons. The Morgan fingerprint density at radius 2 is 1.74 bits per heavy atom. The van der Waals surface area contributed by atoms with Gasteiger partial charge in [0.05, 0.1) is 6.61 Å². The van der Waals surface area contributed by atoms with Crippen LogP contribution in [0.25, 0.3) is 0 Å². The molecule has 0 amide bonds. The molecule has 23 heavy (non-hydrogen) atoms. The molecule has 0 saturated heterocycles. The molecule has 0 aliphatic carbocycles. The zero-order valence-corrected chi connectivity index (χ0v) is 16.2. The van der Waals surface area contributed by atoms with Crippen LogP contribution in [0.1, 0.15) is 72.3 Å². The Labute approximate surface area is 146 Å². The van der Waals surface area contributed by atoms with E-state index in [-0.39, 0.29) is 16.6 Å². The Morgan fingerprint density at radius 1 is 1.09 bits per heavy atom. The van der Waals surface area contributed by atoms with Gasteiger partial charge in [-0.3, -0.25) is 4.79 Å². The fraction of sp³-hybridized carbons (Fsp3) is 0.650. The highest BCUT2D eigenvalue weighted by molar-refractivity contribution is 8.00. The Balaban J connectivity index is 2.69. The summed E-state index contributed by atoms with van der Waals surface area (Å²) in [4.78, 5) is 13.3. The smallest absolute Gasteiger partial charge is 0.319 e. The van der Waals surface area contributed by atoms with E-state index in [0.717, 1.165) is 17.7 Å². The summed E-state index contributed by atoms with van der Waals surface area (Å²) in [6.45, 7) is 11.2. The second-order valence-electron chi connectivity index (χ2n) is 6.98. The van der Waals surface area contributed by atoms with E-state index >= 15 is 0 Å². The SMILES string of the molecule is CCCCCCC(Sc1ccc(C(C)(C)C)cc1)C(=O)OCC. The van der Waals surface area contributed by atoms with E-state index in [0.29, 0.717) is 6.61 Å². The van der Waals surface area contributed by atoms with E-state index in [2.05, 4.69) is 52.0 Å². The highest BCUT2D eigenvalue weighted by atomic mass is 32.2. The number of hydrogen-bond acceptors (Lipinski definition) is 3. The molecule has 2 nitrogen and oxygen atoms in total. The monoisotopic (exact) mass is 336 g/mol. The molecule has 1 aromatic carbocycles. The van der Waals surface area contributed by atoms with Crippen LogP contribution in [-0.4, -0.2) is 17.8 Å². The second kappa shape index (κ2) is 10.0. The fourth-order valence-electron chi connectivity index (χ4n) is 2.41. The molecule has 0 bridgehead atoms. The first kappa shape index (κ1) is 20.1. The topological polar surface area (TPSA) is 26.3 Å². The Bertz CT molecular complexity index is 460. The number of hydrogen-bond donors (Lipinski definition) is 0. The maximum atomic E-state index is 12.2. The lowest BCUT2D eigenvalue weighted by Crippen LogP contribution is -2.20. The summed E-state index contributed by atoms with van der Waals surface area (Å²) in [5, 5.41) is -0.0905. The molecule has 0 fully saturated rings. The minimum atomic E-state index is -0.0905. The number of carbonyl (C=O) groups excluding carboxylic acids is 1. The maximum Gasteiger partial charge on any atom is 0.319 e. The molecule has 0 heterocycles. The number of unbranched alkanes of at least 4 members (excludes halogenated alkanes) is 3. The van der Waals surface area contributed by atoms with Gasteiger partial charge >= 0.3 is 5.97 Å². The maximum absolute atomic E-state index is 12.2. The predicted octanol–water partition coefficient (Wildman–Crippen LogP) is 5.98. The van der Waals surface area contributed by atoms with Gasteiger partial charge in [0, 0.05) is 4.90 Å². The zero-order chi connectivity index (χ0) is 17.3. The summed E-state index contributed by atoms with van der Waals surface area (Å²) >= 11 is 1.64. The lowest BCUT2D eigenvalue weighted by Gasteiger charge is -2.20. The van der Waals surface area contributed by atoms with Gasteiger partial charge in [-0.15, -0.1) is 11.8 Å². The van der Waals surface area contributed by atoms with Crippen LogP contribution in [0.4, 0.5) is 0 Å². The van der Waals surface area contributed by atoms with Crippen LogP contribution in [0.5, 0.6) is 0 Å². The Hall–Kier alpha value is -0.960. The van der Waals surface area contributed by atoms with E-state index in [9.17, 15) is 4.79 Å². The van der Waals surface area contributed by atoms with Crippen molar-refractivity contribution in [1.82, 2.24) is 0 Å². The molecule has 0 aromatic heterocycles. The number of thioether (sulfide) groups is 1. The lowest BCUT2D eigenvalue weighted by atomic mass is 9.87. The molecule has 0 saturated carbocycles. The first-order valence-corrected chi connectivity index (χ1v) is 9.70. The van der Waals surface area contributed by atoms with Crippen molar-refractivity contribution in [3.05, 3.63) is 29.8 Å². The molecule has 1 unspecified atom stereocenters. The van der Waals surface area contributed by atoms with Crippen LogP contribution in [0.3, 0.4) is 0 Å². The van der Waals surface area contributed by atoms with Crippen molar-refractivity contribution in [3.63, 3.8) is 0 Å². The van der Waals surface area contributed by atoms with Crippen molar-refractivity contribution >= 4 is 17.7 Å². The molecular formula is C20H32O2S. The lowest BCUT2D eigenvalue weighted by molar-refractivity contribution is -0.142. The van der Waals surface area contributed by atoms with Gasteiger partial charge in [-0.05, 0) is 36.5 Å². The molecular weight excluding hydrogens is 304 g/mol. The van der Waals surface area contributed by atoms with Crippen LogP contribution in [0.2, 0.25) is 0 Å². The predicted molar refractivity (Wildman–Crippen MR) is 100 cm³/mol. The number of benzene rings is 1. The van der Waals surface area contributed by atoms with Gasteiger partial charge in [0.2, 0.25) is 0 Å². The Morgan fingerprint density at radius 3 is 2.26 bits per heavy atom. The normalized spacial score (nSPS) is 12.9. The van der Waals surface area contributed by atoms with Crippen molar-refractivity contribution in [2.45, 2.75) is 82.3 Å². The molecule has 0 spiro atoms. The second-order valence-corrected chi connectivity index (χ2v) is 8.26. The van der Waals surface area contributed by atoms with E-state index in [1.165, 1.54) is 24.8 Å². The van der Waals surface area contributed by atoms with Gasteiger partial charge in [0.15, 0.2) is 0 Å².